The number of hydrogen-bond donors (Lipinski definition) is 2. The highest BCUT2D eigenvalue weighted by Gasteiger charge is 2.30. The normalized spacial score (nSPS) is 12.5. The molecule has 0 fully saturated rings. The number of hydrogen-bond acceptors (Lipinski definition) is 1. The van der Waals surface area contributed by atoms with Crippen LogP contribution >= 0.6 is 12.2 Å². The van der Waals surface area contributed by atoms with Gasteiger partial charge < -0.3 is 10.6 Å². The summed E-state index contributed by atoms with van der Waals surface area (Å²) in [6, 6.07) is 15.2. The number of rotatable bonds is 6. The number of thiocarbonyl (C=S) groups is 1. The molecular formula is C19H21F3N2S. The van der Waals surface area contributed by atoms with E-state index in [-0.39, 0.29) is 0 Å². The summed E-state index contributed by atoms with van der Waals surface area (Å²) in [7, 11) is 0. The molecule has 0 aromatic heterocycles. The van der Waals surface area contributed by atoms with E-state index in [4.69, 9.17) is 12.2 Å². The van der Waals surface area contributed by atoms with E-state index >= 15 is 0 Å². The SMILES string of the molecule is CC[C@@H](CNC(=S)Nc1cccc(C(F)(F)F)c1)Cc1ccccc1. The predicted octanol–water partition coefficient (Wildman–Crippen LogP) is 5.26. The van der Waals surface area contributed by atoms with E-state index in [0.29, 0.717) is 23.3 Å². The topological polar surface area (TPSA) is 24.1 Å². The predicted molar refractivity (Wildman–Crippen MR) is 99.6 cm³/mol. The first-order valence-corrected chi connectivity index (χ1v) is 8.55. The summed E-state index contributed by atoms with van der Waals surface area (Å²) in [5, 5.41) is 6.24. The lowest BCUT2D eigenvalue weighted by Gasteiger charge is -2.18. The van der Waals surface area contributed by atoms with E-state index in [9.17, 15) is 13.2 Å². The Hall–Kier alpha value is -2.08. The van der Waals surface area contributed by atoms with Crippen molar-refractivity contribution < 1.29 is 13.2 Å². The van der Waals surface area contributed by atoms with Gasteiger partial charge in [0.1, 0.15) is 0 Å². The molecule has 0 aliphatic carbocycles. The molecule has 0 heterocycles. The molecule has 0 aliphatic heterocycles. The van der Waals surface area contributed by atoms with Crippen molar-refractivity contribution in [3.05, 3.63) is 65.7 Å². The van der Waals surface area contributed by atoms with Crippen LogP contribution in [0.25, 0.3) is 0 Å². The van der Waals surface area contributed by atoms with Gasteiger partial charge in [0.25, 0.3) is 0 Å². The molecule has 2 N–H and O–H groups in total. The minimum Gasteiger partial charge on any atom is -0.362 e. The zero-order valence-corrected chi connectivity index (χ0v) is 14.8. The molecule has 2 aromatic rings. The largest absolute Gasteiger partial charge is 0.416 e. The van der Waals surface area contributed by atoms with Crippen molar-refractivity contribution in [1.82, 2.24) is 5.32 Å². The second kappa shape index (κ2) is 8.85. The molecule has 0 radical (unpaired) electrons. The Bertz CT molecular complexity index is 687. The van der Waals surface area contributed by atoms with Crippen LogP contribution < -0.4 is 10.6 Å². The van der Waals surface area contributed by atoms with Crippen LogP contribution in [0.1, 0.15) is 24.5 Å². The zero-order chi connectivity index (χ0) is 18.3. The number of halogens is 3. The smallest absolute Gasteiger partial charge is 0.362 e. The lowest BCUT2D eigenvalue weighted by Crippen LogP contribution is -2.33. The minimum absolute atomic E-state index is 0.323. The standard InChI is InChI=1S/C19H21F3N2S/c1-2-14(11-15-7-4-3-5-8-15)13-23-18(25)24-17-10-6-9-16(12-17)19(20,21)22/h3-10,12,14H,2,11,13H2,1H3,(H2,23,24,25)/t14-/m1/s1. The van der Waals surface area contributed by atoms with Crippen LogP contribution in [-0.2, 0) is 12.6 Å². The van der Waals surface area contributed by atoms with Crippen molar-refractivity contribution >= 4 is 23.0 Å². The number of anilines is 1. The first kappa shape index (κ1) is 19.2. The van der Waals surface area contributed by atoms with Gasteiger partial charge in [-0.15, -0.1) is 0 Å². The molecule has 0 unspecified atom stereocenters. The van der Waals surface area contributed by atoms with Gasteiger partial charge in [-0.3, -0.25) is 0 Å². The Morgan fingerprint density at radius 3 is 2.44 bits per heavy atom. The maximum Gasteiger partial charge on any atom is 0.416 e. The van der Waals surface area contributed by atoms with Crippen LogP contribution in [0.15, 0.2) is 54.6 Å². The minimum atomic E-state index is -4.37. The first-order chi connectivity index (χ1) is 11.9. The van der Waals surface area contributed by atoms with Crippen molar-refractivity contribution in [1.29, 1.82) is 0 Å². The van der Waals surface area contributed by atoms with E-state index in [1.54, 1.807) is 6.07 Å². The Morgan fingerprint density at radius 2 is 1.80 bits per heavy atom. The Morgan fingerprint density at radius 1 is 1.08 bits per heavy atom. The van der Waals surface area contributed by atoms with Crippen LogP contribution in [-0.4, -0.2) is 11.7 Å². The van der Waals surface area contributed by atoms with Crippen molar-refractivity contribution in [2.75, 3.05) is 11.9 Å². The van der Waals surface area contributed by atoms with Gasteiger partial charge in [0, 0.05) is 12.2 Å². The molecule has 0 amide bonds. The molecule has 0 spiro atoms. The monoisotopic (exact) mass is 366 g/mol. The van der Waals surface area contributed by atoms with Crippen molar-refractivity contribution in [3.63, 3.8) is 0 Å². The lowest BCUT2D eigenvalue weighted by atomic mass is 9.97. The zero-order valence-electron chi connectivity index (χ0n) is 13.9. The highest BCUT2D eigenvalue weighted by molar-refractivity contribution is 7.80. The summed E-state index contributed by atoms with van der Waals surface area (Å²) < 4.78 is 38.2. The van der Waals surface area contributed by atoms with E-state index < -0.39 is 11.7 Å². The number of benzene rings is 2. The number of nitrogens with one attached hydrogen (secondary N) is 2. The van der Waals surface area contributed by atoms with Crippen molar-refractivity contribution in [2.24, 2.45) is 5.92 Å². The molecule has 2 aromatic carbocycles. The van der Waals surface area contributed by atoms with Crippen LogP contribution in [0.2, 0.25) is 0 Å². The van der Waals surface area contributed by atoms with Gasteiger partial charge in [-0.2, -0.15) is 13.2 Å². The maximum atomic E-state index is 12.7. The lowest BCUT2D eigenvalue weighted by molar-refractivity contribution is -0.137. The Labute approximate surface area is 151 Å². The van der Waals surface area contributed by atoms with Crippen LogP contribution in [0.3, 0.4) is 0 Å². The van der Waals surface area contributed by atoms with Gasteiger partial charge in [-0.25, -0.2) is 0 Å². The molecule has 2 nitrogen and oxygen atoms in total. The Balaban J connectivity index is 1.87. The first-order valence-electron chi connectivity index (χ1n) is 8.14. The average molecular weight is 366 g/mol. The van der Waals surface area contributed by atoms with Gasteiger partial charge in [0.2, 0.25) is 0 Å². The highest BCUT2D eigenvalue weighted by atomic mass is 32.1. The summed E-state index contributed by atoms with van der Waals surface area (Å²) in [6.07, 6.45) is -2.46. The van der Waals surface area contributed by atoms with E-state index in [1.807, 2.05) is 18.2 Å². The van der Waals surface area contributed by atoms with E-state index in [2.05, 4.69) is 29.7 Å². The Kier molecular flexibility index (Phi) is 6.82. The third kappa shape index (κ3) is 6.38. The molecule has 0 bridgehead atoms. The molecule has 1 atom stereocenters. The molecule has 25 heavy (non-hydrogen) atoms. The second-order valence-electron chi connectivity index (χ2n) is 5.88. The third-order valence-electron chi connectivity index (χ3n) is 3.94. The highest BCUT2D eigenvalue weighted by Crippen LogP contribution is 2.30. The quantitative estimate of drug-likeness (QED) is 0.682. The molecular weight excluding hydrogens is 345 g/mol. The fourth-order valence-electron chi connectivity index (χ4n) is 2.49. The number of alkyl halides is 3. The summed E-state index contributed by atoms with van der Waals surface area (Å²) in [6.45, 7) is 2.77. The van der Waals surface area contributed by atoms with Crippen LogP contribution in [0, 0.1) is 5.92 Å². The van der Waals surface area contributed by atoms with Crippen molar-refractivity contribution in [3.8, 4) is 0 Å². The van der Waals surface area contributed by atoms with E-state index in [0.717, 1.165) is 25.0 Å². The van der Waals surface area contributed by atoms with Gasteiger partial charge in [-0.1, -0.05) is 49.7 Å². The maximum absolute atomic E-state index is 12.7. The molecule has 0 saturated heterocycles. The summed E-state index contributed by atoms with van der Waals surface area (Å²) in [4.78, 5) is 0. The van der Waals surface area contributed by atoms with Crippen molar-refractivity contribution in [2.45, 2.75) is 25.9 Å². The molecule has 6 heteroatoms. The van der Waals surface area contributed by atoms with Crippen LogP contribution in [0.4, 0.5) is 18.9 Å². The van der Waals surface area contributed by atoms with Gasteiger partial charge in [0.15, 0.2) is 5.11 Å². The summed E-state index contributed by atoms with van der Waals surface area (Å²) in [5.41, 5.74) is 0.882. The summed E-state index contributed by atoms with van der Waals surface area (Å²) >= 11 is 5.20. The van der Waals surface area contributed by atoms with Crippen LogP contribution in [0.5, 0.6) is 0 Å². The second-order valence-corrected chi connectivity index (χ2v) is 6.29. The fourth-order valence-corrected chi connectivity index (χ4v) is 2.70. The molecule has 134 valence electrons. The van der Waals surface area contributed by atoms with Gasteiger partial charge >= 0.3 is 6.18 Å². The molecule has 0 saturated carbocycles. The fraction of sp³-hybridized carbons (Fsp3) is 0.316. The van der Waals surface area contributed by atoms with Gasteiger partial charge in [-0.05, 0) is 48.3 Å². The summed E-state index contributed by atoms with van der Waals surface area (Å²) in [5.74, 6) is 0.392. The molecule has 0 aliphatic rings. The average Bonchev–Trinajstić information content (AvgIpc) is 2.59. The molecule has 2 rings (SSSR count). The third-order valence-corrected chi connectivity index (χ3v) is 4.19. The van der Waals surface area contributed by atoms with E-state index in [1.165, 1.54) is 11.6 Å². The van der Waals surface area contributed by atoms with Gasteiger partial charge in [0.05, 0.1) is 5.56 Å².